The maximum atomic E-state index is 12.1. The van der Waals surface area contributed by atoms with Crippen LogP contribution in [-0.2, 0) is 4.74 Å². The normalized spacial score (nSPS) is 11.2. The zero-order valence-corrected chi connectivity index (χ0v) is 14.6. The predicted octanol–water partition coefficient (Wildman–Crippen LogP) is 3.60. The van der Waals surface area contributed by atoms with Crippen molar-refractivity contribution in [1.29, 1.82) is 0 Å². The van der Waals surface area contributed by atoms with E-state index in [4.69, 9.17) is 9.47 Å². The minimum Gasteiger partial charge on any atom is -0.487 e. The molecule has 3 radical (unpaired) electrons. The fourth-order valence-corrected chi connectivity index (χ4v) is 2.03. The quantitative estimate of drug-likeness (QED) is 0.334. The van der Waals surface area contributed by atoms with Gasteiger partial charge in [-0.25, -0.2) is 4.79 Å². The zero-order valence-electron chi connectivity index (χ0n) is 11.5. The van der Waals surface area contributed by atoms with Gasteiger partial charge >= 0.3 is 5.97 Å². The summed E-state index contributed by atoms with van der Waals surface area (Å²) in [5.41, 5.74) is 0.132. The molecular formula is C14H18IO3Si. The summed E-state index contributed by atoms with van der Waals surface area (Å²) >= 11 is 2.17. The van der Waals surface area contributed by atoms with Crippen LogP contribution in [-0.4, -0.2) is 28.4 Å². The standard InChI is InChI=1S/C14H18IO3Si/c1-14(2,3)18-12-6-5-10(15)9-11(12)13(16)17-7-4-8-19/h5-6,9H,4,7-8H2,1-3H3. The van der Waals surface area contributed by atoms with Gasteiger partial charge in [0.15, 0.2) is 0 Å². The van der Waals surface area contributed by atoms with Crippen molar-refractivity contribution in [2.45, 2.75) is 38.8 Å². The van der Waals surface area contributed by atoms with Crippen LogP contribution < -0.4 is 4.74 Å². The van der Waals surface area contributed by atoms with Crippen LogP contribution in [0.3, 0.4) is 0 Å². The van der Waals surface area contributed by atoms with Crippen molar-refractivity contribution in [3.8, 4) is 5.75 Å². The minimum absolute atomic E-state index is 0.335. The summed E-state index contributed by atoms with van der Waals surface area (Å²) in [7, 11) is 3.35. The Morgan fingerprint density at radius 2 is 2.05 bits per heavy atom. The molecule has 0 saturated heterocycles. The Balaban J connectivity index is 2.90. The summed E-state index contributed by atoms with van der Waals surface area (Å²) in [4.78, 5) is 12.1. The highest BCUT2D eigenvalue weighted by molar-refractivity contribution is 14.1. The molecule has 0 amide bonds. The summed E-state index contributed by atoms with van der Waals surface area (Å²) in [5.74, 6) is 0.231. The van der Waals surface area contributed by atoms with Crippen molar-refractivity contribution in [3.05, 3.63) is 27.3 Å². The number of benzene rings is 1. The summed E-state index contributed by atoms with van der Waals surface area (Å²) < 4.78 is 12.0. The van der Waals surface area contributed by atoms with Crippen LogP contribution in [0.1, 0.15) is 37.6 Å². The molecule has 0 spiro atoms. The van der Waals surface area contributed by atoms with Gasteiger partial charge in [-0.1, -0.05) is 6.04 Å². The highest BCUT2D eigenvalue weighted by Crippen LogP contribution is 2.26. The van der Waals surface area contributed by atoms with E-state index in [1.807, 2.05) is 32.9 Å². The third-order valence-electron chi connectivity index (χ3n) is 2.13. The highest BCUT2D eigenvalue weighted by atomic mass is 127. The van der Waals surface area contributed by atoms with Gasteiger partial charge < -0.3 is 9.47 Å². The molecule has 0 bridgehead atoms. The first-order valence-electron chi connectivity index (χ1n) is 6.14. The number of ether oxygens (including phenoxy) is 2. The molecule has 0 unspecified atom stereocenters. The Labute approximate surface area is 131 Å². The van der Waals surface area contributed by atoms with Crippen molar-refractivity contribution < 1.29 is 14.3 Å². The molecule has 19 heavy (non-hydrogen) atoms. The fourth-order valence-electron chi connectivity index (χ4n) is 1.40. The van der Waals surface area contributed by atoms with E-state index in [9.17, 15) is 4.79 Å². The molecule has 0 N–H and O–H groups in total. The van der Waals surface area contributed by atoms with Gasteiger partial charge in [-0.15, -0.1) is 0 Å². The second-order valence-corrected chi connectivity index (χ2v) is 6.84. The van der Waals surface area contributed by atoms with Crippen LogP contribution in [0.4, 0.5) is 0 Å². The van der Waals surface area contributed by atoms with Gasteiger partial charge in [-0.05, 0) is 68.0 Å². The van der Waals surface area contributed by atoms with Gasteiger partial charge in [0.1, 0.15) is 16.9 Å². The number of hydrogen-bond donors (Lipinski definition) is 0. The van der Waals surface area contributed by atoms with Crippen molar-refractivity contribution in [1.82, 2.24) is 0 Å². The van der Waals surface area contributed by atoms with E-state index in [1.54, 1.807) is 6.07 Å². The SMILES string of the molecule is CC(C)(C)Oc1ccc(I)cc1C(=O)OCCC[Si]. The summed E-state index contributed by atoms with van der Waals surface area (Å²) in [6, 6.07) is 6.33. The molecule has 0 fully saturated rings. The zero-order chi connectivity index (χ0) is 14.5. The van der Waals surface area contributed by atoms with Crippen LogP contribution in [0.15, 0.2) is 18.2 Å². The Morgan fingerprint density at radius 1 is 1.37 bits per heavy atom. The van der Waals surface area contributed by atoms with Gasteiger partial charge in [-0.2, -0.15) is 0 Å². The van der Waals surface area contributed by atoms with E-state index in [0.717, 1.165) is 16.0 Å². The fraction of sp³-hybridized carbons (Fsp3) is 0.500. The Bertz CT molecular complexity index is 441. The van der Waals surface area contributed by atoms with Gasteiger partial charge in [0.05, 0.1) is 6.61 Å². The number of carbonyl (C=O) groups is 1. The topological polar surface area (TPSA) is 35.5 Å². The Morgan fingerprint density at radius 3 is 2.63 bits per heavy atom. The molecule has 5 heteroatoms. The second kappa shape index (κ2) is 7.28. The molecule has 0 aromatic heterocycles. The third-order valence-corrected chi connectivity index (χ3v) is 3.16. The largest absolute Gasteiger partial charge is 0.487 e. The molecule has 0 aliphatic heterocycles. The summed E-state index contributed by atoms with van der Waals surface area (Å²) in [6.07, 6.45) is 0.794. The first-order valence-corrected chi connectivity index (χ1v) is 7.92. The van der Waals surface area contributed by atoms with Crippen LogP contribution in [0, 0.1) is 3.57 Å². The maximum Gasteiger partial charge on any atom is 0.341 e. The first kappa shape index (κ1) is 16.5. The van der Waals surface area contributed by atoms with Crippen molar-refractivity contribution in [2.24, 2.45) is 0 Å². The number of carbonyl (C=O) groups excluding carboxylic acids is 1. The van der Waals surface area contributed by atoms with Gasteiger partial charge in [0, 0.05) is 13.8 Å². The molecule has 0 saturated carbocycles. The molecular weight excluding hydrogens is 371 g/mol. The number of esters is 1. The van der Waals surface area contributed by atoms with Crippen molar-refractivity contribution >= 4 is 38.8 Å². The molecule has 3 nitrogen and oxygen atoms in total. The van der Waals surface area contributed by atoms with E-state index in [-0.39, 0.29) is 11.6 Å². The van der Waals surface area contributed by atoms with E-state index < -0.39 is 0 Å². The monoisotopic (exact) mass is 389 g/mol. The first-order chi connectivity index (χ1) is 8.83. The van der Waals surface area contributed by atoms with Gasteiger partial charge in [0.25, 0.3) is 0 Å². The molecule has 0 aliphatic rings. The average Bonchev–Trinajstić information content (AvgIpc) is 2.30. The van der Waals surface area contributed by atoms with Crippen molar-refractivity contribution in [3.63, 3.8) is 0 Å². The molecule has 1 rings (SSSR count). The lowest BCUT2D eigenvalue weighted by Crippen LogP contribution is -2.24. The second-order valence-electron chi connectivity index (χ2n) is 5.09. The predicted molar refractivity (Wildman–Crippen MR) is 85.0 cm³/mol. The highest BCUT2D eigenvalue weighted by Gasteiger charge is 2.19. The van der Waals surface area contributed by atoms with E-state index in [1.165, 1.54) is 0 Å². The van der Waals surface area contributed by atoms with E-state index in [0.29, 0.717) is 17.9 Å². The minimum atomic E-state index is -0.350. The third kappa shape index (κ3) is 5.95. The number of halogens is 1. The summed E-state index contributed by atoms with van der Waals surface area (Å²) in [6.45, 7) is 6.25. The number of rotatable bonds is 5. The Hall–Kier alpha value is -0.563. The van der Waals surface area contributed by atoms with Crippen LogP contribution in [0.5, 0.6) is 5.75 Å². The van der Waals surface area contributed by atoms with Crippen LogP contribution in [0.2, 0.25) is 6.04 Å². The van der Waals surface area contributed by atoms with Crippen LogP contribution in [0.25, 0.3) is 0 Å². The average molecular weight is 389 g/mol. The molecule has 103 valence electrons. The number of hydrogen-bond acceptors (Lipinski definition) is 3. The molecule has 1 aromatic carbocycles. The molecule has 0 heterocycles. The van der Waals surface area contributed by atoms with E-state index in [2.05, 4.69) is 32.8 Å². The van der Waals surface area contributed by atoms with E-state index >= 15 is 0 Å². The lowest BCUT2D eigenvalue weighted by Gasteiger charge is -2.23. The Kier molecular flexibility index (Phi) is 6.32. The summed E-state index contributed by atoms with van der Waals surface area (Å²) in [5, 5.41) is 0. The van der Waals surface area contributed by atoms with Gasteiger partial charge in [0.2, 0.25) is 0 Å². The molecule has 0 aliphatic carbocycles. The van der Waals surface area contributed by atoms with Crippen LogP contribution >= 0.6 is 22.6 Å². The van der Waals surface area contributed by atoms with Crippen molar-refractivity contribution in [2.75, 3.05) is 6.61 Å². The molecule has 1 aromatic rings. The lowest BCUT2D eigenvalue weighted by atomic mass is 10.1. The lowest BCUT2D eigenvalue weighted by molar-refractivity contribution is 0.0492. The maximum absolute atomic E-state index is 12.1. The molecule has 0 atom stereocenters. The smallest absolute Gasteiger partial charge is 0.341 e. The van der Waals surface area contributed by atoms with Gasteiger partial charge in [-0.3, -0.25) is 0 Å².